The van der Waals surface area contributed by atoms with E-state index in [0.717, 1.165) is 11.6 Å². The molecule has 0 radical (unpaired) electrons. The van der Waals surface area contributed by atoms with Crippen LogP contribution in [0.25, 0.3) is 0 Å². The highest BCUT2D eigenvalue weighted by Gasteiger charge is 2.10. The molecular weight excluding hydrogens is 254 g/mol. The Hall–Kier alpha value is -2.30. The fourth-order valence-corrected chi connectivity index (χ4v) is 1.84. The molecule has 1 aromatic carbocycles. The molecule has 1 aromatic heterocycles. The van der Waals surface area contributed by atoms with Gasteiger partial charge in [0.15, 0.2) is 0 Å². The second-order valence-electron chi connectivity index (χ2n) is 4.53. The van der Waals surface area contributed by atoms with E-state index in [0.29, 0.717) is 19.4 Å². The molecule has 2 aromatic rings. The van der Waals surface area contributed by atoms with E-state index >= 15 is 0 Å². The molecule has 0 saturated heterocycles. The third-order valence-corrected chi connectivity index (χ3v) is 2.87. The second-order valence-corrected chi connectivity index (χ2v) is 4.53. The van der Waals surface area contributed by atoms with Crippen molar-refractivity contribution in [1.82, 2.24) is 15.3 Å². The lowest BCUT2D eigenvalue weighted by molar-refractivity contribution is -0.122. The highest BCUT2D eigenvalue weighted by molar-refractivity contribution is 5.76. The van der Waals surface area contributed by atoms with Crippen LogP contribution in [0.4, 0.5) is 0 Å². The number of rotatable bonds is 7. The van der Waals surface area contributed by atoms with E-state index < -0.39 is 0 Å². The van der Waals surface area contributed by atoms with Crippen LogP contribution in [0.2, 0.25) is 0 Å². The van der Waals surface area contributed by atoms with Crippen LogP contribution >= 0.6 is 0 Å². The van der Waals surface area contributed by atoms with Gasteiger partial charge in [-0.05, 0) is 25.5 Å². The summed E-state index contributed by atoms with van der Waals surface area (Å²) in [6.07, 6.45) is 4.54. The minimum Gasteiger partial charge on any atom is -0.494 e. The Labute approximate surface area is 118 Å². The van der Waals surface area contributed by atoms with E-state index in [1.807, 2.05) is 37.3 Å². The second kappa shape index (κ2) is 7.33. The quantitative estimate of drug-likeness (QED) is 0.761. The SMILES string of the molecule is CC(NC(=O)CCCOc1ccccc1)c1ncc[nH]1. The average molecular weight is 273 g/mol. The van der Waals surface area contributed by atoms with Crippen molar-refractivity contribution >= 4 is 5.91 Å². The summed E-state index contributed by atoms with van der Waals surface area (Å²) in [5, 5.41) is 2.89. The van der Waals surface area contributed by atoms with E-state index in [2.05, 4.69) is 15.3 Å². The van der Waals surface area contributed by atoms with Gasteiger partial charge in [0.25, 0.3) is 0 Å². The molecule has 1 amide bonds. The first-order valence-corrected chi connectivity index (χ1v) is 6.72. The van der Waals surface area contributed by atoms with Crippen LogP contribution in [0.15, 0.2) is 42.7 Å². The summed E-state index contributed by atoms with van der Waals surface area (Å²) in [7, 11) is 0. The molecule has 5 nitrogen and oxygen atoms in total. The number of hydrogen-bond acceptors (Lipinski definition) is 3. The van der Waals surface area contributed by atoms with Gasteiger partial charge in [0.05, 0.1) is 12.6 Å². The highest BCUT2D eigenvalue weighted by Crippen LogP contribution is 2.09. The molecule has 1 atom stereocenters. The van der Waals surface area contributed by atoms with E-state index in [1.54, 1.807) is 12.4 Å². The zero-order valence-electron chi connectivity index (χ0n) is 11.5. The van der Waals surface area contributed by atoms with Gasteiger partial charge in [0.2, 0.25) is 5.91 Å². The average Bonchev–Trinajstić information content (AvgIpc) is 2.99. The number of amides is 1. The molecule has 20 heavy (non-hydrogen) atoms. The standard InChI is InChI=1S/C15H19N3O2/c1-12(15-16-9-10-17-15)18-14(19)8-5-11-20-13-6-3-2-4-7-13/h2-4,6-7,9-10,12H,5,8,11H2,1H3,(H,16,17)(H,18,19). The molecular formula is C15H19N3O2. The van der Waals surface area contributed by atoms with E-state index in [9.17, 15) is 4.79 Å². The lowest BCUT2D eigenvalue weighted by Crippen LogP contribution is -2.27. The van der Waals surface area contributed by atoms with Crippen molar-refractivity contribution in [3.05, 3.63) is 48.5 Å². The minimum absolute atomic E-state index is 0.00515. The molecule has 0 aliphatic rings. The number of nitrogens with one attached hydrogen (secondary N) is 2. The van der Waals surface area contributed by atoms with Crippen LogP contribution in [-0.2, 0) is 4.79 Å². The molecule has 0 saturated carbocycles. The molecule has 5 heteroatoms. The van der Waals surface area contributed by atoms with Crippen molar-refractivity contribution < 1.29 is 9.53 Å². The molecule has 0 fully saturated rings. The fraction of sp³-hybridized carbons (Fsp3) is 0.333. The van der Waals surface area contributed by atoms with Gasteiger partial charge in [0.1, 0.15) is 11.6 Å². The van der Waals surface area contributed by atoms with Gasteiger partial charge >= 0.3 is 0 Å². The molecule has 2 rings (SSSR count). The zero-order chi connectivity index (χ0) is 14.2. The molecule has 0 spiro atoms. The first kappa shape index (κ1) is 14.1. The Morgan fingerprint density at radius 2 is 2.20 bits per heavy atom. The number of hydrogen-bond donors (Lipinski definition) is 2. The predicted molar refractivity (Wildman–Crippen MR) is 76.3 cm³/mol. The lowest BCUT2D eigenvalue weighted by atomic mass is 10.2. The Morgan fingerprint density at radius 3 is 2.90 bits per heavy atom. The number of imidazole rings is 1. The summed E-state index contributed by atoms with van der Waals surface area (Å²) in [4.78, 5) is 18.8. The summed E-state index contributed by atoms with van der Waals surface area (Å²) < 4.78 is 5.54. The number of aromatic amines is 1. The molecule has 106 valence electrons. The van der Waals surface area contributed by atoms with Crippen molar-refractivity contribution in [2.45, 2.75) is 25.8 Å². The summed E-state index contributed by atoms with van der Waals surface area (Å²) in [6.45, 7) is 2.43. The molecule has 0 aliphatic heterocycles. The maximum atomic E-state index is 11.8. The number of ether oxygens (including phenoxy) is 1. The van der Waals surface area contributed by atoms with Crippen LogP contribution in [0.5, 0.6) is 5.75 Å². The first-order chi connectivity index (χ1) is 9.75. The number of nitrogens with zero attached hydrogens (tertiary/aromatic N) is 1. The summed E-state index contributed by atoms with van der Waals surface area (Å²) >= 11 is 0. The van der Waals surface area contributed by atoms with E-state index in [-0.39, 0.29) is 11.9 Å². The van der Waals surface area contributed by atoms with Crippen molar-refractivity contribution in [3.8, 4) is 5.75 Å². The largest absolute Gasteiger partial charge is 0.494 e. The summed E-state index contributed by atoms with van der Waals surface area (Å²) in [6, 6.07) is 9.49. The van der Waals surface area contributed by atoms with Crippen molar-refractivity contribution in [3.63, 3.8) is 0 Å². The van der Waals surface area contributed by atoms with E-state index in [4.69, 9.17) is 4.74 Å². The first-order valence-electron chi connectivity index (χ1n) is 6.72. The summed E-state index contributed by atoms with van der Waals surface area (Å²) in [5.74, 6) is 1.60. The smallest absolute Gasteiger partial charge is 0.220 e. The molecule has 2 N–H and O–H groups in total. The zero-order valence-corrected chi connectivity index (χ0v) is 11.5. The molecule has 1 heterocycles. The number of aromatic nitrogens is 2. The molecule has 1 unspecified atom stereocenters. The lowest BCUT2D eigenvalue weighted by Gasteiger charge is -2.11. The fourth-order valence-electron chi connectivity index (χ4n) is 1.84. The monoisotopic (exact) mass is 273 g/mol. The van der Waals surface area contributed by atoms with Gasteiger partial charge in [-0.3, -0.25) is 4.79 Å². The topological polar surface area (TPSA) is 67.0 Å². The van der Waals surface area contributed by atoms with Gasteiger partial charge in [0, 0.05) is 18.8 Å². The Bertz CT molecular complexity index is 511. The number of para-hydroxylation sites is 1. The third kappa shape index (κ3) is 4.42. The van der Waals surface area contributed by atoms with Crippen molar-refractivity contribution in [2.75, 3.05) is 6.61 Å². The van der Waals surface area contributed by atoms with Crippen LogP contribution < -0.4 is 10.1 Å². The van der Waals surface area contributed by atoms with Gasteiger partial charge in [-0.2, -0.15) is 0 Å². The predicted octanol–water partition coefficient (Wildman–Crippen LogP) is 2.45. The van der Waals surface area contributed by atoms with Crippen LogP contribution in [0, 0.1) is 0 Å². The van der Waals surface area contributed by atoms with Gasteiger partial charge in [-0.15, -0.1) is 0 Å². The number of carbonyl (C=O) groups excluding carboxylic acids is 1. The number of carbonyl (C=O) groups is 1. The Morgan fingerprint density at radius 1 is 1.40 bits per heavy atom. The van der Waals surface area contributed by atoms with Gasteiger partial charge in [-0.1, -0.05) is 18.2 Å². The van der Waals surface area contributed by atoms with Crippen LogP contribution in [0.1, 0.15) is 31.6 Å². The van der Waals surface area contributed by atoms with Crippen LogP contribution in [-0.4, -0.2) is 22.5 Å². The van der Waals surface area contributed by atoms with Gasteiger partial charge < -0.3 is 15.0 Å². The third-order valence-electron chi connectivity index (χ3n) is 2.87. The van der Waals surface area contributed by atoms with Crippen molar-refractivity contribution in [1.29, 1.82) is 0 Å². The summed E-state index contributed by atoms with van der Waals surface area (Å²) in [5.41, 5.74) is 0. The molecule has 0 bridgehead atoms. The maximum Gasteiger partial charge on any atom is 0.220 e. The Kier molecular flexibility index (Phi) is 5.17. The minimum atomic E-state index is -0.104. The number of H-pyrrole nitrogens is 1. The van der Waals surface area contributed by atoms with Crippen molar-refractivity contribution in [2.24, 2.45) is 0 Å². The molecule has 0 aliphatic carbocycles. The van der Waals surface area contributed by atoms with Gasteiger partial charge in [-0.25, -0.2) is 4.98 Å². The van der Waals surface area contributed by atoms with Crippen LogP contribution in [0.3, 0.4) is 0 Å². The normalized spacial score (nSPS) is 11.8. The Balaban J connectivity index is 1.63. The highest BCUT2D eigenvalue weighted by atomic mass is 16.5. The maximum absolute atomic E-state index is 11.8. The van der Waals surface area contributed by atoms with E-state index in [1.165, 1.54) is 0 Å². The number of benzene rings is 1.